The molecule has 2 aromatic heterocycles. The molecule has 2 heterocycles. The predicted molar refractivity (Wildman–Crippen MR) is 147 cm³/mol. The zero-order valence-electron chi connectivity index (χ0n) is 21.1. The lowest BCUT2D eigenvalue weighted by Gasteiger charge is -2.38. The number of fused-ring (bicyclic) bond motifs is 1. The van der Waals surface area contributed by atoms with Gasteiger partial charge in [0, 0.05) is 23.8 Å². The smallest absolute Gasteiger partial charge is 0.109 e. The van der Waals surface area contributed by atoms with E-state index in [9.17, 15) is 10.5 Å². The van der Waals surface area contributed by atoms with Gasteiger partial charge in [0.25, 0.3) is 0 Å². The van der Waals surface area contributed by atoms with Crippen LogP contribution in [0.4, 0.5) is 11.4 Å². The zero-order valence-corrected chi connectivity index (χ0v) is 21.8. The molecule has 0 bridgehead atoms. The summed E-state index contributed by atoms with van der Waals surface area (Å²) >= 11 is 6.75. The van der Waals surface area contributed by atoms with Crippen LogP contribution in [0.25, 0.3) is 10.9 Å². The van der Waals surface area contributed by atoms with E-state index < -0.39 is 0 Å². The van der Waals surface area contributed by atoms with Gasteiger partial charge in [-0.15, -0.1) is 5.10 Å². The molecule has 0 aliphatic heterocycles. The summed E-state index contributed by atoms with van der Waals surface area (Å²) in [6.45, 7) is 3.05. The standard InChI is InChI=1S/C29H27ClN8/c1-29(8-3-9-29)17-34-26-20(14-32)15-33-28-23(26)11-21(12-24(28)30)35-27(19-5-2-4-18(10-19)13-31)25-16-38(37-36-25)22-6-7-22/h2,4-5,10-12,15-16,22,27,35H,3,6-9,17H2,1H3,(H,33,34). The lowest BCUT2D eigenvalue weighted by atomic mass is 9.70. The number of rotatable bonds is 8. The van der Waals surface area contributed by atoms with Crippen molar-refractivity contribution in [2.45, 2.75) is 51.1 Å². The van der Waals surface area contributed by atoms with Crippen molar-refractivity contribution in [3.8, 4) is 12.1 Å². The predicted octanol–water partition coefficient (Wildman–Crippen LogP) is 6.36. The monoisotopic (exact) mass is 522 g/mol. The second-order valence-corrected chi connectivity index (χ2v) is 11.1. The van der Waals surface area contributed by atoms with Crippen LogP contribution < -0.4 is 10.6 Å². The summed E-state index contributed by atoms with van der Waals surface area (Å²) in [6, 6.07) is 15.8. The van der Waals surface area contributed by atoms with E-state index in [0.29, 0.717) is 27.7 Å². The lowest BCUT2D eigenvalue weighted by Crippen LogP contribution is -2.33. The van der Waals surface area contributed by atoms with Crippen molar-refractivity contribution in [2.75, 3.05) is 17.2 Å². The number of benzene rings is 2. The normalized spacial score (nSPS) is 16.7. The number of anilines is 2. The highest BCUT2D eigenvalue weighted by Crippen LogP contribution is 2.42. The third kappa shape index (κ3) is 4.64. The van der Waals surface area contributed by atoms with Crippen molar-refractivity contribution in [2.24, 2.45) is 5.41 Å². The number of aromatic nitrogens is 4. The summed E-state index contributed by atoms with van der Waals surface area (Å²) in [4.78, 5) is 4.50. The number of nitriles is 2. The largest absolute Gasteiger partial charge is 0.383 e. The second kappa shape index (κ2) is 9.63. The number of nitrogens with one attached hydrogen (secondary N) is 2. The maximum Gasteiger partial charge on any atom is 0.109 e. The molecular formula is C29H27ClN8. The van der Waals surface area contributed by atoms with Crippen LogP contribution in [0.5, 0.6) is 0 Å². The molecule has 2 aliphatic carbocycles. The molecule has 2 N–H and O–H groups in total. The van der Waals surface area contributed by atoms with Gasteiger partial charge in [0.1, 0.15) is 11.8 Å². The van der Waals surface area contributed by atoms with Crippen molar-refractivity contribution in [3.05, 3.63) is 76.2 Å². The van der Waals surface area contributed by atoms with Crippen molar-refractivity contribution in [3.63, 3.8) is 0 Å². The van der Waals surface area contributed by atoms with Crippen molar-refractivity contribution in [1.29, 1.82) is 10.5 Å². The van der Waals surface area contributed by atoms with Crippen molar-refractivity contribution < 1.29 is 0 Å². The average Bonchev–Trinajstić information content (AvgIpc) is 3.66. The van der Waals surface area contributed by atoms with Gasteiger partial charge in [-0.3, -0.25) is 4.98 Å². The summed E-state index contributed by atoms with van der Waals surface area (Å²) < 4.78 is 1.91. The Morgan fingerprint density at radius 2 is 2.03 bits per heavy atom. The Balaban J connectivity index is 1.41. The van der Waals surface area contributed by atoms with Gasteiger partial charge in [-0.05, 0) is 60.9 Å². The third-order valence-electron chi connectivity index (χ3n) is 7.70. The van der Waals surface area contributed by atoms with Crippen molar-refractivity contribution in [1.82, 2.24) is 20.0 Å². The first-order valence-corrected chi connectivity index (χ1v) is 13.3. The highest BCUT2D eigenvalue weighted by molar-refractivity contribution is 6.35. The molecule has 0 saturated heterocycles. The Kier molecular flexibility index (Phi) is 6.13. The molecule has 8 nitrogen and oxygen atoms in total. The van der Waals surface area contributed by atoms with E-state index in [4.69, 9.17) is 11.6 Å². The van der Waals surface area contributed by atoms with Gasteiger partial charge >= 0.3 is 0 Å². The fourth-order valence-electron chi connectivity index (χ4n) is 5.10. The first-order chi connectivity index (χ1) is 18.5. The molecule has 9 heteroatoms. The number of hydrogen-bond donors (Lipinski definition) is 2. The van der Waals surface area contributed by atoms with Crippen LogP contribution in [0, 0.1) is 28.1 Å². The van der Waals surface area contributed by atoms with Gasteiger partial charge < -0.3 is 10.6 Å². The van der Waals surface area contributed by atoms with Crippen LogP contribution in [0.2, 0.25) is 5.02 Å². The van der Waals surface area contributed by atoms with Gasteiger partial charge in [0.05, 0.1) is 51.7 Å². The lowest BCUT2D eigenvalue weighted by molar-refractivity contribution is 0.180. The van der Waals surface area contributed by atoms with E-state index in [-0.39, 0.29) is 11.5 Å². The Morgan fingerprint density at radius 1 is 1.18 bits per heavy atom. The fourth-order valence-corrected chi connectivity index (χ4v) is 5.37. The molecule has 2 aliphatic rings. The van der Waals surface area contributed by atoms with Crippen LogP contribution in [-0.2, 0) is 0 Å². The molecular weight excluding hydrogens is 496 g/mol. The third-order valence-corrected chi connectivity index (χ3v) is 7.99. The quantitative estimate of drug-likeness (QED) is 0.276. The molecule has 6 rings (SSSR count). The Morgan fingerprint density at radius 3 is 2.74 bits per heavy atom. The Labute approximate surface area is 226 Å². The molecule has 2 fully saturated rings. The Bertz CT molecular complexity index is 1600. The van der Waals surface area contributed by atoms with E-state index in [0.717, 1.165) is 47.4 Å². The minimum absolute atomic E-state index is 0.228. The highest BCUT2D eigenvalue weighted by atomic mass is 35.5. The summed E-state index contributed by atoms with van der Waals surface area (Å²) in [5.41, 5.74) is 5.07. The van der Waals surface area contributed by atoms with E-state index >= 15 is 0 Å². The molecule has 0 spiro atoms. The molecule has 1 atom stereocenters. The number of hydrogen-bond acceptors (Lipinski definition) is 7. The molecule has 2 aromatic carbocycles. The summed E-state index contributed by atoms with van der Waals surface area (Å²) in [7, 11) is 0. The fraction of sp³-hybridized carbons (Fsp3) is 0.345. The summed E-state index contributed by atoms with van der Waals surface area (Å²) in [6.07, 6.45) is 9.34. The van der Waals surface area contributed by atoms with Gasteiger partial charge in [-0.1, -0.05) is 42.3 Å². The van der Waals surface area contributed by atoms with Gasteiger partial charge in [0.2, 0.25) is 0 Å². The minimum atomic E-state index is -0.360. The first kappa shape index (κ1) is 24.2. The summed E-state index contributed by atoms with van der Waals surface area (Å²) in [5.74, 6) is 0. The number of halogens is 1. The minimum Gasteiger partial charge on any atom is -0.383 e. The zero-order chi connectivity index (χ0) is 26.3. The molecule has 38 heavy (non-hydrogen) atoms. The van der Waals surface area contributed by atoms with Gasteiger partial charge in [-0.25, -0.2) is 4.68 Å². The van der Waals surface area contributed by atoms with Crippen molar-refractivity contribution >= 4 is 33.9 Å². The SMILES string of the molecule is CC1(CNc2c(C#N)cnc3c(Cl)cc(NC(c4cccc(C#N)c4)c4cn(C5CC5)nn4)cc23)CCC1. The highest BCUT2D eigenvalue weighted by Gasteiger charge is 2.32. The summed E-state index contributed by atoms with van der Waals surface area (Å²) in [5, 5.41) is 36.6. The maximum atomic E-state index is 9.84. The molecule has 190 valence electrons. The second-order valence-electron chi connectivity index (χ2n) is 10.7. The van der Waals surface area contributed by atoms with E-state index in [1.165, 1.54) is 19.3 Å². The number of nitrogens with zero attached hydrogens (tertiary/aromatic N) is 6. The molecule has 1 unspecified atom stereocenters. The van der Waals surface area contributed by atoms with E-state index in [1.54, 1.807) is 12.3 Å². The topological polar surface area (TPSA) is 115 Å². The molecule has 0 radical (unpaired) electrons. The van der Waals surface area contributed by atoms with E-state index in [2.05, 4.69) is 45.0 Å². The van der Waals surface area contributed by atoms with Crippen LogP contribution >= 0.6 is 11.6 Å². The van der Waals surface area contributed by atoms with E-state index in [1.807, 2.05) is 41.2 Å². The average molecular weight is 523 g/mol. The van der Waals surface area contributed by atoms with Crippen LogP contribution in [-0.4, -0.2) is 26.5 Å². The number of pyridine rings is 1. The van der Waals surface area contributed by atoms with Crippen LogP contribution in [0.3, 0.4) is 0 Å². The maximum absolute atomic E-state index is 9.84. The molecule has 0 amide bonds. The first-order valence-electron chi connectivity index (χ1n) is 12.9. The molecule has 4 aromatic rings. The van der Waals surface area contributed by atoms with Gasteiger partial charge in [-0.2, -0.15) is 10.5 Å². The van der Waals surface area contributed by atoms with Gasteiger partial charge in [0.15, 0.2) is 0 Å². The van der Waals surface area contributed by atoms with Crippen LogP contribution in [0.15, 0.2) is 48.8 Å². The van der Waals surface area contributed by atoms with Crippen LogP contribution in [0.1, 0.15) is 73.5 Å². The molecule has 2 saturated carbocycles. The Hall–Kier alpha value is -4.14.